The van der Waals surface area contributed by atoms with E-state index in [-0.39, 0.29) is 0 Å². The SMILES string of the molecule is Cc1cc(C=NON)cc(C)c1OCCCc1cncs1. The van der Waals surface area contributed by atoms with E-state index in [0.29, 0.717) is 6.61 Å². The fourth-order valence-corrected chi connectivity index (χ4v) is 2.80. The Kier molecular flexibility index (Phi) is 5.71. The first-order valence-electron chi connectivity index (χ1n) is 6.71. The molecule has 2 N–H and O–H groups in total. The van der Waals surface area contributed by atoms with Gasteiger partial charge in [0, 0.05) is 11.1 Å². The number of nitrogens with zero attached hydrogens (tertiary/aromatic N) is 2. The maximum atomic E-state index is 5.91. The number of oxime groups is 1. The molecule has 0 spiro atoms. The summed E-state index contributed by atoms with van der Waals surface area (Å²) < 4.78 is 5.91. The van der Waals surface area contributed by atoms with Gasteiger partial charge in [0.1, 0.15) is 5.75 Å². The number of hydrogen-bond donors (Lipinski definition) is 1. The van der Waals surface area contributed by atoms with Crippen LogP contribution < -0.4 is 10.6 Å². The molecule has 1 aromatic carbocycles. The molecule has 0 saturated carbocycles. The first-order chi connectivity index (χ1) is 10.2. The highest BCUT2D eigenvalue weighted by Crippen LogP contribution is 2.24. The van der Waals surface area contributed by atoms with Crippen molar-refractivity contribution in [2.45, 2.75) is 26.7 Å². The van der Waals surface area contributed by atoms with Crippen molar-refractivity contribution in [1.82, 2.24) is 4.98 Å². The van der Waals surface area contributed by atoms with Gasteiger partial charge in [0.15, 0.2) is 0 Å². The van der Waals surface area contributed by atoms with Crippen molar-refractivity contribution in [2.75, 3.05) is 6.61 Å². The van der Waals surface area contributed by atoms with Crippen molar-refractivity contribution in [3.8, 4) is 5.75 Å². The van der Waals surface area contributed by atoms with Gasteiger partial charge in [0.2, 0.25) is 0 Å². The van der Waals surface area contributed by atoms with Crippen LogP contribution in [0.2, 0.25) is 0 Å². The highest BCUT2D eigenvalue weighted by molar-refractivity contribution is 7.09. The fraction of sp³-hybridized carbons (Fsp3) is 0.333. The van der Waals surface area contributed by atoms with Crippen LogP contribution in [0.5, 0.6) is 5.75 Å². The predicted octanol–water partition coefficient (Wildman–Crippen LogP) is 3.00. The Hall–Kier alpha value is -1.92. The highest BCUT2D eigenvalue weighted by Gasteiger charge is 2.06. The van der Waals surface area contributed by atoms with Crippen molar-refractivity contribution < 1.29 is 9.68 Å². The van der Waals surface area contributed by atoms with Gasteiger partial charge in [0.25, 0.3) is 0 Å². The second-order valence-corrected chi connectivity index (χ2v) is 5.71. The van der Waals surface area contributed by atoms with Crippen molar-refractivity contribution >= 4 is 17.6 Å². The quantitative estimate of drug-likeness (QED) is 0.485. The molecule has 5 nitrogen and oxygen atoms in total. The van der Waals surface area contributed by atoms with E-state index in [1.54, 1.807) is 17.6 Å². The van der Waals surface area contributed by atoms with Crippen LogP contribution in [0.25, 0.3) is 0 Å². The molecule has 21 heavy (non-hydrogen) atoms. The smallest absolute Gasteiger partial charge is 0.125 e. The van der Waals surface area contributed by atoms with Crippen LogP contribution in [0.1, 0.15) is 28.0 Å². The zero-order valence-corrected chi connectivity index (χ0v) is 13.0. The van der Waals surface area contributed by atoms with Crippen LogP contribution in [0.4, 0.5) is 0 Å². The Labute approximate surface area is 128 Å². The largest absolute Gasteiger partial charge is 0.493 e. The Morgan fingerprint density at radius 2 is 2.10 bits per heavy atom. The van der Waals surface area contributed by atoms with Gasteiger partial charge in [-0.15, -0.1) is 17.2 Å². The standard InChI is InChI=1S/C15H19N3O2S/c1-11-6-13(8-18-20-16)7-12(2)15(11)19-5-3-4-14-9-17-10-21-14/h6-10H,3-5,16H2,1-2H3. The lowest BCUT2D eigenvalue weighted by Crippen LogP contribution is -2.02. The van der Waals surface area contributed by atoms with E-state index >= 15 is 0 Å². The maximum absolute atomic E-state index is 5.91. The summed E-state index contributed by atoms with van der Waals surface area (Å²) in [5.41, 5.74) is 4.94. The number of rotatable bonds is 7. The summed E-state index contributed by atoms with van der Waals surface area (Å²) in [6.07, 6.45) is 5.47. The summed E-state index contributed by atoms with van der Waals surface area (Å²) in [4.78, 5) is 9.56. The summed E-state index contributed by atoms with van der Waals surface area (Å²) in [6, 6.07) is 3.99. The number of nitrogens with two attached hydrogens (primary N) is 1. The second kappa shape index (κ2) is 7.75. The van der Waals surface area contributed by atoms with Crippen LogP contribution in [0.15, 0.2) is 29.0 Å². The number of aryl methyl sites for hydroxylation is 3. The average Bonchev–Trinajstić information content (AvgIpc) is 2.96. The normalized spacial score (nSPS) is 11.0. The lowest BCUT2D eigenvalue weighted by molar-refractivity contribution is 0.150. The minimum Gasteiger partial charge on any atom is -0.493 e. The lowest BCUT2D eigenvalue weighted by Gasteiger charge is -2.12. The molecular weight excluding hydrogens is 286 g/mol. The molecule has 0 unspecified atom stereocenters. The van der Waals surface area contributed by atoms with Crippen LogP contribution in [-0.2, 0) is 11.4 Å². The van der Waals surface area contributed by atoms with Crippen LogP contribution in [0.3, 0.4) is 0 Å². The molecule has 0 aliphatic carbocycles. The minimum absolute atomic E-state index is 0.693. The molecule has 0 bridgehead atoms. The van der Waals surface area contributed by atoms with E-state index in [9.17, 15) is 0 Å². The molecule has 2 rings (SSSR count). The monoisotopic (exact) mass is 305 g/mol. The molecule has 6 heteroatoms. The Bertz CT molecular complexity index is 574. The number of benzene rings is 1. The lowest BCUT2D eigenvalue weighted by atomic mass is 10.1. The van der Waals surface area contributed by atoms with E-state index in [1.165, 1.54) is 4.88 Å². The molecule has 0 aliphatic rings. The molecule has 2 aromatic rings. The zero-order valence-electron chi connectivity index (χ0n) is 12.2. The first-order valence-corrected chi connectivity index (χ1v) is 7.59. The fourth-order valence-electron chi connectivity index (χ4n) is 2.16. The molecule has 0 amide bonds. The third-order valence-electron chi connectivity index (χ3n) is 3.04. The Morgan fingerprint density at radius 1 is 1.33 bits per heavy atom. The number of aromatic nitrogens is 1. The van der Waals surface area contributed by atoms with E-state index in [1.807, 2.05) is 37.7 Å². The molecule has 1 heterocycles. The third-order valence-corrected chi connectivity index (χ3v) is 3.88. The number of ether oxygens (including phenoxy) is 1. The maximum Gasteiger partial charge on any atom is 0.125 e. The molecule has 1 aromatic heterocycles. The summed E-state index contributed by atoms with van der Waals surface area (Å²) in [6.45, 7) is 4.73. The van der Waals surface area contributed by atoms with Gasteiger partial charge in [0.05, 0.1) is 18.3 Å². The predicted molar refractivity (Wildman–Crippen MR) is 84.7 cm³/mol. The summed E-state index contributed by atoms with van der Waals surface area (Å²) in [5, 5.41) is 3.57. The van der Waals surface area contributed by atoms with Crippen molar-refractivity contribution in [1.29, 1.82) is 0 Å². The summed E-state index contributed by atoms with van der Waals surface area (Å²) in [5.74, 6) is 5.81. The van der Waals surface area contributed by atoms with E-state index in [2.05, 4.69) is 15.1 Å². The van der Waals surface area contributed by atoms with Gasteiger partial charge in [-0.05, 0) is 55.5 Å². The van der Waals surface area contributed by atoms with Crippen LogP contribution in [0, 0.1) is 13.8 Å². The van der Waals surface area contributed by atoms with Crippen molar-refractivity contribution in [3.63, 3.8) is 0 Å². The van der Waals surface area contributed by atoms with E-state index in [0.717, 1.165) is 35.3 Å². The highest BCUT2D eigenvalue weighted by atomic mass is 32.1. The molecule has 0 atom stereocenters. The van der Waals surface area contributed by atoms with Gasteiger partial charge in [-0.1, -0.05) is 5.16 Å². The average molecular weight is 305 g/mol. The second-order valence-electron chi connectivity index (χ2n) is 4.74. The van der Waals surface area contributed by atoms with E-state index < -0.39 is 0 Å². The van der Waals surface area contributed by atoms with Gasteiger partial charge in [-0.2, -0.15) is 0 Å². The van der Waals surface area contributed by atoms with Crippen LogP contribution in [-0.4, -0.2) is 17.8 Å². The van der Waals surface area contributed by atoms with Gasteiger partial charge < -0.3 is 9.68 Å². The van der Waals surface area contributed by atoms with Gasteiger partial charge >= 0.3 is 0 Å². The Balaban J connectivity index is 1.92. The number of hydrogen-bond acceptors (Lipinski definition) is 6. The van der Waals surface area contributed by atoms with Crippen molar-refractivity contribution in [3.05, 3.63) is 45.4 Å². The molecular formula is C15H19N3O2S. The molecule has 112 valence electrons. The van der Waals surface area contributed by atoms with E-state index in [4.69, 9.17) is 10.6 Å². The third kappa shape index (κ3) is 4.54. The van der Waals surface area contributed by atoms with Crippen molar-refractivity contribution in [2.24, 2.45) is 11.1 Å². The zero-order chi connectivity index (χ0) is 15.1. The molecule has 0 saturated heterocycles. The first kappa shape index (κ1) is 15.5. The topological polar surface area (TPSA) is 69.7 Å². The molecule has 0 fully saturated rings. The minimum atomic E-state index is 0.693. The molecule has 0 aliphatic heterocycles. The summed E-state index contributed by atoms with van der Waals surface area (Å²) in [7, 11) is 0. The Morgan fingerprint density at radius 3 is 2.71 bits per heavy atom. The van der Waals surface area contributed by atoms with Gasteiger partial charge in [-0.25, -0.2) is 0 Å². The summed E-state index contributed by atoms with van der Waals surface area (Å²) >= 11 is 1.68. The molecule has 0 radical (unpaired) electrons. The number of thiazole rings is 1. The van der Waals surface area contributed by atoms with Crippen LogP contribution >= 0.6 is 11.3 Å². The van der Waals surface area contributed by atoms with Gasteiger partial charge in [-0.3, -0.25) is 4.98 Å².